The number of unbranched alkanes of at least 4 members (excludes halogenated alkanes) is 1. The van der Waals surface area contributed by atoms with E-state index in [1.807, 2.05) is 36.4 Å². The molecule has 0 spiro atoms. The number of carbonyl (C=O) groups is 1. The van der Waals surface area contributed by atoms with E-state index >= 15 is 0 Å². The Balaban J connectivity index is 1.71. The van der Waals surface area contributed by atoms with E-state index in [0.29, 0.717) is 23.6 Å². The van der Waals surface area contributed by atoms with Crippen LogP contribution in [0.15, 0.2) is 80.4 Å². The van der Waals surface area contributed by atoms with Crippen LogP contribution < -0.4 is 15.1 Å². The highest BCUT2D eigenvalue weighted by Gasteiger charge is 2.43. The van der Waals surface area contributed by atoms with Gasteiger partial charge >= 0.3 is 0 Å². The minimum Gasteiger partial charge on any atom is -0.494 e. The molecule has 34 heavy (non-hydrogen) atoms. The first-order valence-electron chi connectivity index (χ1n) is 11.1. The number of benzene rings is 3. The summed E-state index contributed by atoms with van der Waals surface area (Å²) in [6.07, 6.45) is 1.92. The van der Waals surface area contributed by atoms with Gasteiger partial charge in [-0.2, -0.15) is 0 Å². The lowest BCUT2D eigenvalue weighted by atomic mass is 9.98. The molecule has 1 aliphatic heterocycles. The van der Waals surface area contributed by atoms with Gasteiger partial charge in [0.25, 0.3) is 5.91 Å². The lowest BCUT2D eigenvalue weighted by molar-refractivity contribution is 0.0971. The van der Waals surface area contributed by atoms with Crippen LogP contribution in [0.4, 0.5) is 10.1 Å². The molecule has 0 bridgehead atoms. The van der Waals surface area contributed by atoms with Crippen LogP contribution in [-0.4, -0.2) is 12.5 Å². The quantitative estimate of drug-likeness (QED) is 0.267. The van der Waals surface area contributed by atoms with E-state index in [1.165, 1.54) is 12.1 Å². The second-order valence-electron chi connectivity index (χ2n) is 8.14. The van der Waals surface area contributed by atoms with Crippen LogP contribution in [0.25, 0.3) is 11.0 Å². The highest BCUT2D eigenvalue weighted by Crippen LogP contribution is 2.42. The second-order valence-corrected chi connectivity index (χ2v) is 9.06. The lowest BCUT2D eigenvalue weighted by Gasteiger charge is -2.25. The van der Waals surface area contributed by atoms with Crippen molar-refractivity contribution in [3.63, 3.8) is 0 Å². The third-order valence-electron chi connectivity index (χ3n) is 5.88. The number of anilines is 1. The van der Waals surface area contributed by atoms with E-state index in [0.717, 1.165) is 23.4 Å². The number of ether oxygens (including phenoxy) is 1. The Hall–Kier alpha value is -3.45. The second kappa shape index (κ2) is 9.06. The summed E-state index contributed by atoms with van der Waals surface area (Å²) < 4.78 is 26.6. The summed E-state index contributed by atoms with van der Waals surface area (Å²) in [6.45, 7) is 2.66. The Morgan fingerprint density at radius 2 is 1.85 bits per heavy atom. The van der Waals surface area contributed by atoms with Gasteiger partial charge in [0.2, 0.25) is 5.76 Å². The Labute approximate surface area is 203 Å². The summed E-state index contributed by atoms with van der Waals surface area (Å²) in [5.74, 6) is -0.354. The van der Waals surface area contributed by atoms with E-state index in [9.17, 15) is 14.0 Å². The molecule has 1 aliphatic rings. The fourth-order valence-electron chi connectivity index (χ4n) is 4.24. The lowest BCUT2D eigenvalue weighted by Crippen LogP contribution is -2.29. The van der Waals surface area contributed by atoms with Crippen LogP contribution in [0, 0.1) is 5.82 Å². The van der Waals surface area contributed by atoms with Gasteiger partial charge < -0.3 is 9.15 Å². The van der Waals surface area contributed by atoms with Gasteiger partial charge in [0.1, 0.15) is 17.1 Å². The number of hydrogen-bond acceptors (Lipinski definition) is 4. The highest BCUT2D eigenvalue weighted by molar-refractivity contribution is 9.10. The number of hydrogen-bond donors (Lipinski definition) is 0. The molecule has 7 heteroatoms. The van der Waals surface area contributed by atoms with Crippen LogP contribution in [-0.2, 0) is 0 Å². The van der Waals surface area contributed by atoms with E-state index in [2.05, 4.69) is 22.9 Å². The SMILES string of the molecule is CCCCOc1cccc(C2c3c(oc4ccc(F)cc4c3=O)C(=O)N2c2ccc(Br)cc2)c1. The van der Waals surface area contributed by atoms with Gasteiger partial charge in [-0.15, -0.1) is 0 Å². The Morgan fingerprint density at radius 1 is 1.06 bits per heavy atom. The monoisotopic (exact) mass is 521 g/mol. The molecule has 0 N–H and O–H groups in total. The van der Waals surface area contributed by atoms with Gasteiger partial charge in [0.05, 0.1) is 23.6 Å². The van der Waals surface area contributed by atoms with Crippen molar-refractivity contribution in [1.82, 2.24) is 0 Å². The summed E-state index contributed by atoms with van der Waals surface area (Å²) in [4.78, 5) is 28.7. The van der Waals surface area contributed by atoms with Crippen LogP contribution in [0.2, 0.25) is 0 Å². The normalized spacial score (nSPS) is 15.1. The van der Waals surface area contributed by atoms with Crippen molar-refractivity contribution < 1.29 is 18.3 Å². The summed E-state index contributed by atoms with van der Waals surface area (Å²) in [5.41, 5.74) is 1.25. The largest absolute Gasteiger partial charge is 0.494 e. The average molecular weight is 522 g/mol. The highest BCUT2D eigenvalue weighted by atomic mass is 79.9. The average Bonchev–Trinajstić information content (AvgIpc) is 3.13. The predicted octanol–water partition coefficient (Wildman–Crippen LogP) is 6.62. The maximum absolute atomic E-state index is 14.0. The Bertz CT molecular complexity index is 1450. The van der Waals surface area contributed by atoms with Crippen LogP contribution in [0.5, 0.6) is 5.75 Å². The molecule has 5 rings (SSSR count). The van der Waals surface area contributed by atoms with E-state index < -0.39 is 23.2 Å². The van der Waals surface area contributed by atoms with E-state index in [-0.39, 0.29) is 22.3 Å². The third kappa shape index (κ3) is 3.90. The number of carbonyl (C=O) groups excluding carboxylic acids is 1. The molecule has 0 fully saturated rings. The van der Waals surface area contributed by atoms with Crippen molar-refractivity contribution in [2.75, 3.05) is 11.5 Å². The van der Waals surface area contributed by atoms with Gasteiger partial charge in [-0.05, 0) is 66.6 Å². The minimum absolute atomic E-state index is 0.0330. The van der Waals surface area contributed by atoms with Crippen molar-refractivity contribution in [3.8, 4) is 5.75 Å². The molecule has 1 aromatic heterocycles. The zero-order valence-electron chi connectivity index (χ0n) is 18.4. The van der Waals surface area contributed by atoms with Crippen molar-refractivity contribution in [2.45, 2.75) is 25.8 Å². The fraction of sp³-hybridized carbons (Fsp3) is 0.185. The summed E-state index contributed by atoms with van der Waals surface area (Å²) in [6, 6.07) is 17.6. The molecule has 4 aromatic rings. The molecule has 0 saturated heterocycles. The molecule has 172 valence electrons. The van der Waals surface area contributed by atoms with Crippen LogP contribution >= 0.6 is 15.9 Å². The number of rotatable bonds is 6. The number of halogens is 2. The van der Waals surface area contributed by atoms with Gasteiger partial charge in [-0.25, -0.2) is 4.39 Å². The molecule has 3 aromatic carbocycles. The number of fused-ring (bicyclic) bond motifs is 2. The Kier molecular flexibility index (Phi) is 5.96. The zero-order valence-corrected chi connectivity index (χ0v) is 20.0. The molecule has 1 amide bonds. The third-order valence-corrected chi connectivity index (χ3v) is 6.41. The van der Waals surface area contributed by atoms with Crippen molar-refractivity contribution in [1.29, 1.82) is 0 Å². The molecular weight excluding hydrogens is 501 g/mol. The van der Waals surface area contributed by atoms with E-state index in [4.69, 9.17) is 9.15 Å². The number of amides is 1. The standard InChI is InChI=1S/C27H21BrFNO4/c1-2-3-13-33-20-6-4-5-16(14-20)24-23-25(31)21-15-18(29)9-12-22(21)34-26(23)27(32)30(24)19-10-7-17(28)8-11-19/h4-12,14-15,24H,2-3,13H2,1H3. The topological polar surface area (TPSA) is 59.8 Å². The van der Waals surface area contributed by atoms with Crippen molar-refractivity contribution >= 4 is 38.5 Å². The first-order valence-corrected chi connectivity index (χ1v) is 11.9. The maximum atomic E-state index is 14.0. The van der Waals surface area contributed by atoms with Crippen molar-refractivity contribution in [2.24, 2.45) is 0 Å². The van der Waals surface area contributed by atoms with Gasteiger partial charge in [-0.1, -0.05) is 41.4 Å². The zero-order chi connectivity index (χ0) is 23.8. The smallest absolute Gasteiger partial charge is 0.295 e. The fourth-order valence-corrected chi connectivity index (χ4v) is 4.50. The van der Waals surface area contributed by atoms with Gasteiger partial charge in [0.15, 0.2) is 5.43 Å². The molecular formula is C27H21BrFNO4. The Morgan fingerprint density at radius 3 is 2.62 bits per heavy atom. The van der Waals surface area contributed by atoms with Crippen LogP contribution in [0.1, 0.15) is 47.5 Å². The molecule has 0 aliphatic carbocycles. The van der Waals surface area contributed by atoms with E-state index in [1.54, 1.807) is 17.0 Å². The van der Waals surface area contributed by atoms with Gasteiger partial charge in [-0.3, -0.25) is 14.5 Å². The molecule has 0 saturated carbocycles. The first kappa shape index (κ1) is 22.3. The number of nitrogens with zero attached hydrogens (tertiary/aromatic N) is 1. The summed E-state index contributed by atoms with van der Waals surface area (Å²) in [7, 11) is 0. The molecule has 5 nitrogen and oxygen atoms in total. The molecule has 1 atom stereocenters. The minimum atomic E-state index is -0.748. The van der Waals surface area contributed by atoms with Gasteiger partial charge in [0, 0.05) is 10.2 Å². The predicted molar refractivity (Wildman–Crippen MR) is 132 cm³/mol. The van der Waals surface area contributed by atoms with Crippen LogP contribution in [0.3, 0.4) is 0 Å². The molecule has 0 radical (unpaired) electrons. The summed E-state index contributed by atoms with van der Waals surface area (Å²) >= 11 is 3.42. The first-order chi connectivity index (χ1) is 16.5. The molecule has 1 unspecified atom stereocenters. The maximum Gasteiger partial charge on any atom is 0.295 e. The summed E-state index contributed by atoms with van der Waals surface area (Å²) in [5, 5.41) is 0.101. The van der Waals surface area contributed by atoms with Crippen molar-refractivity contribution in [3.05, 3.63) is 104 Å². The molecule has 2 heterocycles.